The van der Waals surface area contributed by atoms with Gasteiger partial charge >= 0.3 is 0 Å². The quantitative estimate of drug-likeness (QED) is 0.823. The lowest BCUT2D eigenvalue weighted by Crippen LogP contribution is -2.41. The zero-order valence-corrected chi connectivity index (χ0v) is 12.8. The Labute approximate surface area is 130 Å². The highest BCUT2D eigenvalue weighted by Crippen LogP contribution is 2.57. The fourth-order valence-electron chi connectivity index (χ4n) is 5.17. The van der Waals surface area contributed by atoms with Crippen LogP contribution in [-0.4, -0.2) is 5.91 Å². The second-order valence-electron chi connectivity index (χ2n) is 7.01. The smallest absolute Gasteiger partial charge is 0.249 e. The Kier molecular flexibility index (Phi) is 3.11. The Morgan fingerprint density at radius 1 is 0.952 bits per heavy atom. The first-order chi connectivity index (χ1) is 10.1. The number of amides is 1. The minimum atomic E-state index is -0.278. The van der Waals surface area contributed by atoms with Crippen molar-refractivity contribution in [2.75, 3.05) is 0 Å². The van der Waals surface area contributed by atoms with Gasteiger partial charge in [0.1, 0.15) is 0 Å². The summed E-state index contributed by atoms with van der Waals surface area (Å²) in [5.74, 6) is 2.66. The number of allylic oxidation sites excluding steroid dienone is 1. The maximum absolute atomic E-state index is 12.1. The molecule has 2 nitrogen and oxygen atoms in total. The summed E-state index contributed by atoms with van der Waals surface area (Å²) >= 11 is 5.97. The van der Waals surface area contributed by atoms with Crippen LogP contribution < -0.4 is 5.73 Å². The van der Waals surface area contributed by atoms with Crippen LogP contribution in [0.4, 0.5) is 0 Å². The van der Waals surface area contributed by atoms with E-state index in [0.29, 0.717) is 16.9 Å². The average Bonchev–Trinajstić information content (AvgIpc) is 2.43. The Morgan fingerprint density at radius 3 is 1.95 bits per heavy atom. The highest BCUT2D eigenvalue weighted by molar-refractivity contribution is 6.30. The first-order valence-corrected chi connectivity index (χ1v) is 8.29. The molecule has 4 bridgehead atoms. The van der Waals surface area contributed by atoms with Gasteiger partial charge in [-0.05, 0) is 73.5 Å². The molecule has 2 N–H and O–H groups in total. The van der Waals surface area contributed by atoms with Gasteiger partial charge in [0.15, 0.2) is 0 Å². The topological polar surface area (TPSA) is 43.1 Å². The molecule has 0 atom stereocenters. The molecule has 0 saturated heterocycles. The van der Waals surface area contributed by atoms with Crippen molar-refractivity contribution >= 4 is 23.1 Å². The van der Waals surface area contributed by atoms with Crippen molar-refractivity contribution in [3.63, 3.8) is 0 Å². The lowest BCUT2D eigenvalue weighted by molar-refractivity contribution is -0.112. The minimum Gasteiger partial charge on any atom is -0.366 e. The fourth-order valence-corrected chi connectivity index (χ4v) is 5.29. The standard InChI is InChI=1S/C18H20ClNO/c19-15-3-1-12(2-4-15)17(18(20)21)16-13-6-10-5-11(8-13)9-14(16)7-10/h1-4,10-11,13-14H,5-9H2,(H2,20,21). The molecule has 4 saturated carbocycles. The average molecular weight is 302 g/mol. The zero-order chi connectivity index (χ0) is 14.6. The number of primary amides is 1. The third-order valence-corrected chi connectivity index (χ3v) is 5.94. The molecule has 4 aliphatic carbocycles. The van der Waals surface area contributed by atoms with Gasteiger partial charge in [-0.15, -0.1) is 0 Å². The number of rotatable bonds is 2. The van der Waals surface area contributed by atoms with E-state index in [1.54, 1.807) is 0 Å². The van der Waals surface area contributed by atoms with E-state index in [4.69, 9.17) is 17.3 Å². The summed E-state index contributed by atoms with van der Waals surface area (Å²) in [6, 6.07) is 7.55. The number of hydrogen-bond acceptors (Lipinski definition) is 1. The van der Waals surface area contributed by atoms with Gasteiger partial charge in [-0.2, -0.15) is 0 Å². The molecule has 4 fully saturated rings. The second kappa shape index (κ2) is 4.88. The molecule has 1 amide bonds. The van der Waals surface area contributed by atoms with Crippen molar-refractivity contribution in [1.82, 2.24) is 0 Å². The summed E-state index contributed by atoms with van der Waals surface area (Å²) in [6.07, 6.45) is 6.44. The van der Waals surface area contributed by atoms with Gasteiger partial charge in [0.25, 0.3) is 0 Å². The van der Waals surface area contributed by atoms with E-state index < -0.39 is 0 Å². The van der Waals surface area contributed by atoms with Crippen molar-refractivity contribution in [1.29, 1.82) is 0 Å². The molecule has 1 aromatic carbocycles. The highest BCUT2D eigenvalue weighted by Gasteiger charge is 2.46. The molecule has 110 valence electrons. The first kappa shape index (κ1) is 13.4. The SMILES string of the molecule is NC(=O)C(=C1C2CC3CC(C2)CC1C3)c1ccc(Cl)cc1. The Bertz CT molecular complexity index is 587. The lowest BCUT2D eigenvalue weighted by atomic mass is 9.53. The summed E-state index contributed by atoms with van der Waals surface area (Å²) in [4.78, 5) is 12.1. The van der Waals surface area contributed by atoms with Crippen LogP contribution in [0.15, 0.2) is 29.8 Å². The predicted molar refractivity (Wildman–Crippen MR) is 84.6 cm³/mol. The maximum Gasteiger partial charge on any atom is 0.249 e. The van der Waals surface area contributed by atoms with Crippen LogP contribution in [0.1, 0.15) is 37.7 Å². The zero-order valence-electron chi connectivity index (χ0n) is 12.0. The molecule has 5 rings (SSSR count). The number of carbonyl (C=O) groups excluding carboxylic acids is 1. The van der Waals surface area contributed by atoms with E-state index in [2.05, 4.69) is 0 Å². The number of carbonyl (C=O) groups is 1. The summed E-state index contributed by atoms with van der Waals surface area (Å²) in [7, 11) is 0. The van der Waals surface area contributed by atoms with Crippen LogP contribution in [0.5, 0.6) is 0 Å². The monoisotopic (exact) mass is 301 g/mol. The molecule has 4 aliphatic rings. The van der Waals surface area contributed by atoms with Gasteiger partial charge in [0.05, 0.1) is 0 Å². The van der Waals surface area contributed by atoms with Gasteiger partial charge in [-0.1, -0.05) is 29.3 Å². The third kappa shape index (κ3) is 2.20. The number of hydrogen-bond donors (Lipinski definition) is 1. The summed E-state index contributed by atoms with van der Waals surface area (Å²) < 4.78 is 0. The number of nitrogens with two attached hydrogens (primary N) is 1. The molecule has 0 aromatic heterocycles. The van der Waals surface area contributed by atoms with E-state index in [1.807, 2.05) is 24.3 Å². The Balaban J connectivity index is 1.82. The van der Waals surface area contributed by atoms with Crippen molar-refractivity contribution < 1.29 is 4.79 Å². The molecular formula is C18H20ClNO. The van der Waals surface area contributed by atoms with Crippen LogP contribution >= 0.6 is 11.6 Å². The Morgan fingerprint density at radius 2 is 1.48 bits per heavy atom. The normalized spacial score (nSPS) is 33.3. The predicted octanol–water partition coefficient (Wildman–Crippen LogP) is 4.04. The minimum absolute atomic E-state index is 0.278. The fraction of sp³-hybridized carbons (Fsp3) is 0.500. The molecule has 0 aliphatic heterocycles. The second-order valence-corrected chi connectivity index (χ2v) is 7.44. The van der Waals surface area contributed by atoms with Crippen molar-refractivity contribution in [3.05, 3.63) is 40.4 Å². The van der Waals surface area contributed by atoms with Crippen LogP contribution in [0.2, 0.25) is 5.02 Å². The first-order valence-electron chi connectivity index (χ1n) is 7.91. The molecule has 0 heterocycles. The molecule has 0 spiro atoms. The van der Waals surface area contributed by atoms with Gasteiger partial charge in [-0.25, -0.2) is 0 Å². The lowest BCUT2D eigenvalue weighted by Gasteiger charge is -2.52. The highest BCUT2D eigenvalue weighted by atomic mass is 35.5. The van der Waals surface area contributed by atoms with E-state index in [0.717, 1.165) is 23.0 Å². The van der Waals surface area contributed by atoms with Crippen molar-refractivity contribution in [2.24, 2.45) is 29.4 Å². The van der Waals surface area contributed by atoms with Crippen LogP contribution in [-0.2, 0) is 4.79 Å². The molecule has 0 unspecified atom stereocenters. The number of halogens is 1. The summed E-state index contributed by atoms with van der Waals surface area (Å²) in [6.45, 7) is 0. The van der Waals surface area contributed by atoms with Crippen molar-refractivity contribution in [3.8, 4) is 0 Å². The summed E-state index contributed by atoms with van der Waals surface area (Å²) in [5, 5.41) is 0.692. The van der Waals surface area contributed by atoms with Gasteiger partial charge in [-0.3, -0.25) is 4.79 Å². The van der Waals surface area contributed by atoms with E-state index in [-0.39, 0.29) is 5.91 Å². The Hall–Kier alpha value is -1.28. The number of benzene rings is 1. The third-order valence-electron chi connectivity index (χ3n) is 5.69. The van der Waals surface area contributed by atoms with E-state index in [1.165, 1.54) is 37.7 Å². The van der Waals surface area contributed by atoms with Gasteiger partial charge in [0, 0.05) is 10.6 Å². The van der Waals surface area contributed by atoms with Crippen molar-refractivity contribution in [2.45, 2.75) is 32.1 Å². The van der Waals surface area contributed by atoms with Gasteiger partial charge < -0.3 is 5.73 Å². The maximum atomic E-state index is 12.1. The van der Waals surface area contributed by atoms with E-state index in [9.17, 15) is 4.79 Å². The largest absolute Gasteiger partial charge is 0.366 e. The van der Waals surface area contributed by atoms with Crippen LogP contribution in [0.3, 0.4) is 0 Å². The molecular weight excluding hydrogens is 282 g/mol. The molecule has 0 radical (unpaired) electrons. The molecule has 21 heavy (non-hydrogen) atoms. The molecule has 3 heteroatoms. The van der Waals surface area contributed by atoms with Crippen LogP contribution in [0, 0.1) is 23.7 Å². The van der Waals surface area contributed by atoms with Crippen LogP contribution in [0.25, 0.3) is 5.57 Å². The summed E-state index contributed by atoms with van der Waals surface area (Å²) in [5.41, 5.74) is 8.83. The molecule has 1 aromatic rings. The van der Waals surface area contributed by atoms with E-state index >= 15 is 0 Å². The van der Waals surface area contributed by atoms with Gasteiger partial charge in [0.2, 0.25) is 5.91 Å².